The van der Waals surface area contributed by atoms with Gasteiger partial charge in [0.2, 0.25) is 0 Å². The van der Waals surface area contributed by atoms with Gasteiger partial charge < -0.3 is 20.1 Å². The number of carbonyl (C=O) groups is 1. The smallest absolute Gasteiger partial charge is 0.850 e. The summed E-state index contributed by atoms with van der Waals surface area (Å²) in [5, 5.41) is 30.3. The van der Waals surface area contributed by atoms with Crippen LogP contribution in [0.25, 0.3) is 0 Å². The summed E-state index contributed by atoms with van der Waals surface area (Å²) in [6, 6.07) is 0. The summed E-state index contributed by atoms with van der Waals surface area (Å²) in [5.41, 5.74) is -2.25. The molecule has 0 fully saturated rings. The van der Waals surface area contributed by atoms with Crippen LogP contribution in [0.1, 0.15) is 76.2 Å². The van der Waals surface area contributed by atoms with Crippen molar-refractivity contribution in [3.05, 3.63) is 0 Å². The summed E-state index contributed by atoms with van der Waals surface area (Å²) in [7, 11) is 0. The van der Waals surface area contributed by atoms with Gasteiger partial charge in [0, 0.05) is 0 Å². The zero-order valence-corrected chi connectivity index (χ0v) is 16.4. The van der Waals surface area contributed by atoms with E-state index in [2.05, 4.69) is 0 Å². The predicted molar refractivity (Wildman–Crippen MR) is 81.4 cm³/mol. The summed E-state index contributed by atoms with van der Waals surface area (Å²) in [6.07, 6.45) is 0. The van der Waals surface area contributed by atoms with Crippen LogP contribution in [-0.2, 0) is 4.79 Å². The van der Waals surface area contributed by atoms with Crippen molar-refractivity contribution < 1.29 is 20.1 Å². The molecule has 0 rings (SSSR count). The Balaban J connectivity index is -0.0000000494. The number of carbonyl (C=O) groups excluding carboxylic acids is 1. The minimum absolute atomic E-state index is 0. The molecule has 0 aromatic carbocycles. The maximum atomic E-state index is 10.1. The van der Waals surface area contributed by atoms with E-state index < -0.39 is 16.8 Å². The van der Waals surface area contributed by atoms with Crippen molar-refractivity contribution in [3.63, 3.8) is 0 Å². The first-order valence-electron chi connectivity index (χ1n) is 6.32. The molecule has 0 bridgehead atoms. The van der Waals surface area contributed by atoms with Crippen molar-refractivity contribution in [2.24, 2.45) is 0 Å². The van der Waals surface area contributed by atoms with Crippen molar-refractivity contribution >= 4 is 23.1 Å². The number of hydrogen-bond donors (Lipinski definition) is 0. The van der Waals surface area contributed by atoms with Gasteiger partial charge in [-0.25, -0.2) is 0 Å². The molecule has 20 heavy (non-hydrogen) atoms. The summed E-state index contributed by atoms with van der Waals surface area (Å²) in [6.45, 7) is 17.7. The first kappa shape index (κ1) is 32.1. The average molecular weight is 304 g/mol. The molecule has 0 spiro atoms. The summed E-state index contributed by atoms with van der Waals surface area (Å²) >= 11 is 0. The van der Waals surface area contributed by atoms with E-state index in [0.29, 0.717) is 0 Å². The first-order valence-corrected chi connectivity index (χ1v) is 6.32. The zero-order chi connectivity index (χ0) is 17.1. The molecule has 0 heterocycles. The van der Waals surface area contributed by atoms with Crippen LogP contribution in [0.2, 0.25) is 0 Å². The molecule has 0 aromatic rings. The topological polar surface area (TPSA) is 86.2 Å². The zero-order valence-electron chi connectivity index (χ0n) is 15.2. The van der Waals surface area contributed by atoms with E-state index in [0.717, 1.165) is 0 Å². The van der Waals surface area contributed by atoms with Gasteiger partial charge in [-0.3, -0.25) is 0 Å². The van der Waals surface area contributed by atoms with Gasteiger partial charge in [-0.15, -0.1) is 16.8 Å². The van der Waals surface area contributed by atoms with Crippen molar-refractivity contribution in [2.45, 2.75) is 93.0 Å². The van der Waals surface area contributed by atoms with Gasteiger partial charge in [0.05, 0.1) is 0 Å². The quantitative estimate of drug-likeness (QED) is 0.615. The van der Waals surface area contributed by atoms with Crippen molar-refractivity contribution in [2.75, 3.05) is 0 Å². The van der Waals surface area contributed by atoms with Crippen molar-refractivity contribution in [1.29, 1.82) is 0 Å². The van der Waals surface area contributed by atoms with Gasteiger partial charge >= 0.3 is 17.4 Å². The number of rotatable bonds is 0. The van der Waals surface area contributed by atoms with E-state index >= 15 is 0 Å². The Morgan fingerprint density at radius 3 is 0.600 bits per heavy atom. The van der Waals surface area contributed by atoms with Gasteiger partial charge in [-0.2, -0.15) is 0 Å². The Hall–Kier alpha value is 0.0825. The molecule has 0 aliphatic carbocycles. The molecule has 120 valence electrons. The second kappa shape index (κ2) is 14.0. The molecule has 0 N–H and O–H groups in total. The van der Waals surface area contributed by atoms with Gasteiger partial charge in [0.1, 0.15) is 5.78 Å². The molecule has 0 atom stereocenters. The van der Waals surface area contributed by atoms with Crippen LogP contribution in [0.4, 0.5) is 0 Å². The van der Waals surface area contributed by atoms with E-state index in [-0.39, 0.29) is 23.1 Å². The van der Waals surface area contributed by atoms with Gasteiger partial charge in [-0.1, -0.05) is 62.3 Å². The fourth-order valence-corrected chi connectivity index (χ4v) is 0. The number of ketones is 1. The molecule has 0 aliphatic rings. The first-order chi connectivity index (χ1) is 7.73. The van der Waals surface area contributed by atoms with E-state index in [4.69, 9.17) is 0 Å². The van der Waals surface area contributed by atoms with Crippen molar-refractivity contribution in [3.8, 4) is 0 Å². The minimum Gasteiger partial charge on any atom is -0.850 e. The fraction of sp³-hybridized carbons (Fsp3) is 0.933. The van der Waals surface area contributed by atoms with Crippen LogP contribution in [0, 0.1) is 0 Å². The monoisotopic (exact) mass is 304 g/mol. The largest absolute Gasteiger partial charge is 3.00 e. The molecular formula is C15H33AlO4. The van der Waals surface area contributed by atoms with E-state index in [1.54, 1.807) is 62.3 Å². The second-order valence-electron chi connectivity index (χ2n) is 7.25. The molecule has 0 saturated carbocycles. The number of hydrogen-bond acceptors (Lipinski definition) is 4. The van der Waals surface area contributed by atoms with Gasteiger partial charge in [-0.05, 0) is 13.8 Å². The third-order valence-corrected chi connectivity index (χ3v) is 0. The molecule has 0 aliphatic heterocycles. The normalized spacial score (nSPS) is 10.3. The molecule has 5 heteroatoms. The SMILES string of the molecule is CC(C)(C)[O-].CC(C)(C)[O-].CC(C)(C)[O-].CC(C)=O.[Al+3]. The van der Waals surface area contributed by atoms with Gasteiger partial charge in [0.15, 0.2) is 0 Å². The second-order valence-corrected chi connectivity index (χ2v) is 7.25. The third kappa shape index (κ3) is 776000. The third-order valence-electron chi connectivity index (χ3n) is 0. The molecule has 0 aromatic heterocycles. The average Bonchev–Trinajstić information content (AvgIpc) is 1.66. The molecule has 0 saturated heterocycles. The van der Waals surface area contributed by atoms with Crippen LogP contribution in [0.15, 0.2) is 0 Å². The predicted octanol–water partition coefficient (Wildman–Crippen LogP) is 0.650. The molecule has 0 radical (unpaired) electrons. The van der Waals surface area contributed by atoms with E-state index in [1.165, 1.54) is 13.8 Å². The summed E-state index contributed by atoms with van der Waals surface area (Å²) < 4.78 is 0. The molecule has 4 nitrogen and oxygen atoms in total. The maximum absolute atomic E-state index is 10.1. The fourth-order valence-electron chi connectivity index (χ4n) is 0. The Bertz CT molecular complexity index is 157. The van der Waals surface area contributed by atoms with Crippen LogP contribution in [0.3, 0.4) is 0 Å². The van der Waals surface area contributed by atoms with Crippen LogP contribution in [0.5, 0.6) is 0 Å². The van der Waals surface area contributed by atoms with Gasteiger partial charge in [0.25, 0.3) is 0 Å². The Labute approximate surface area is 136 Å². The van der Waals surface area contributed by atoms with E-state index in [9.17, 15) is 20.1 Å². The molecular weight excluding hydrogens is 271 g/mol. The molecule has 0 unspecified atom stereocenters. The Kier molecular flexibility index (Phi) is 22.6. The summed E-state index contributed by atoms with van der Waals surface area (Å²) in [4.78, 5) is 9.44. The van der Waals surface area contributed by atoms with Crippen LogP contribution in [-0.4, -0.2) is 39.9 Å². The van der Waals surface area contributed by atoms with Crippen LogP contribution >= 0.6 is 0 Å². The molecule has 0 amide bonds. The Morgan fingerprint density at radius 2 is 0.600 bits per heavy atom. The standard InChI is InChI=1S/3C4H9O.C3H6O.Al/c3*1-4(2,3)5;1-3(2)4;/h3*1-3H3;1-2H3;/q3*-1;;+3. The van der Waals surface area contributed by atoms with E-state index in [1.807, 2.05) is 0 Å². The Morgan fingerprint density at radius 1 is 0.600 bits per heavy atom. The van der Waals surface area contributed by atoms with Crippen LogP contribution < -0.4 is 15.3 Å². The van der Waals surface area contributed by atoms with Crippen molar-refractivity contribution in [1.82, 2.24) is 0 Å². The summed E-state index contributed by atoms with van der Waals surface area (Å²) in [5.74, 6) is 0.167. The maximum Gasteiger partial charge on any atom is 3.00 e. The number of Topliss-reactive ketones (excluding diaryl/α,β-unsaturated/α-hetero) is 1. The minimum atomic E-state index is -0.750.